The van der Waals surface area contributed by atoms with E-state index in [0.717, 1.165) is 25.1 Å². The zero-order chi connectivity index (χ0) is 15.3. The third kappa shape index (κ3) is 5.02. The maximum Gasteiger partial charge on any atom is 0.319 e. The van der Waals surface area contributed by atoms with E-state index in [1.54, 1.807) is 0 Å². The molecule has 0 aliphatic carbocycles. The number of hydrogen-bond donors (Lipinski definition) is 2. The molecule has 2 N–H and O–H groups in total. The zero-order valence-corrected chi connectivity index (χ0v) is 13.1. The Morgan fingerprint density at radius 3 is 2.71 bits per heavy atom. The fourth-order valence-corrected chi connectivity index (χ4v) is 2.50. The van der Waals surface area contributed by atoms with Gasteiger partial charge in [0.05, 0.1) is 0 Å². The van der Waals surface area contributed by atoms with Gasteiger partial charge < -0.3 is 20.3 Å². The van der Waals surface area contributed by atoms with Gasteiger partial charge in [-0.25, -0.2) is 4.79 Å². The van der Waals surface area contributed by atoms with Crippen LogP contribution in [0.4, 0.5) is 10.5 Å². The second-order valence-corrected chi connectivity index (χ2v) is 6.19. The lowest BCUT2D eigenvalue weighted by atomic mass is 9.93. The quantitative estimate of drug-likeness (QED) is 0.896. The first-order valence-corrected chi connectivity index (χ1v) is 7.37. The van der Waals surface area contributed by atoms with Crippen molar-refractivity contribution in [2.24, 2.45) is 0 Å². The monoisotopic (exact) mass is 291 g/mol. The average Bonchev–Trinajstić information content (AvgIpc) is 2.38. The molecule has 0 spiro atoms. The fraction of sp³-hybridized carbons (Fsp3) is 0.562. The summed E-state index contributed by atoms with van der Waals surface area (Å²) < 4.78 is 5.34. The van der Waals surface area contributed by atoms with Gasteiger partial charge in [-0.2, -0.15) is 0 Å². The Balaban J connectivity index is 1.93. The molecule has 2 rings (SSSR count). The Hall–Kier alpha value is -1.59. The second kappa shape index (κ2) is 6.91. The van der Waals surface area contributed by atoms with Crippen LogP contribution >= 0.6 is 0 Å². The van der Waals surface area contributed by atoms with Gasteiger partial charge in [-0.3, -0.25) is 0 Å². The van der Waals surface area contributed by atoms with Crippen molar-refractivity contribution in [2.75, 3.05) is 32.6 Å². The van der Waals surface area contributed by atoms with E-state index in [1.165, 1.54) is 5.56 Å². The van der Waals surface area contributed by atoms with E-state index < -0.39 is 0 Å². The van der Waals surface area contributed by atoms with Crippen molar-refractivity contribution >= 4 is 11.7 Å². The molecule has 1 aromatic rings. The molecule has 0 aromatic heterocycles. The van der Waals surface area contributed by atoms with Crippen LogP contribution in [0.2, 0.25) is 0 Å². The third-order valence-electron chi connectivity index (χ3n) is 3.70. The summed E-state index contributed by atoms with van der Waals surface area (Å²) >= 11 is 0. The first kappa shape index (κ1) is 15.8. The van der Waals surface area contributed by atoms with Crippen molar-refractivity contribution in [3.63, 3.8) is 0 Å². The lowest BCUT2D eigenvalue weighted by Crippen LogP contribution is -2.51. The molecule has 21 heavy (non-hydrogen) atoms. The minimum atomic E-state index is -0.177. The molecule has 0 radical (unpaired) electrons. The highest BCUT2D eigenvalue weighted by molar-refractivity contribution is 5.89. The van der Waals surface area contributed by atoms with Crippen molar-refractivity contribution in [2.45, 2.75) is 31.8 Å². The summed E-state index contributed by atoms with van der Waals surface area (Å²) in [5.74, 6) is 0. The topological polar surface area (TPSA) is 53.6 Å². The van der Waals surface area contributed by atoms with Gasteiger partial charge in [-0.15, -0.1) is 0 Å². The van der Waals surface area contributed by atoms with Gasteiger partial charge in [-0.05, 0) is 51.6 Å². The van der Waals surface area contributed by atoms with E-state index in [2.05, 4.69) is 28.5 Å². The molecule has 1 fully saturated rings. The molecular formula is C16H25N3O2. The summed E-state index contributed by atoms with van der Waals surface area (Å²) in [4.78, 5) is 14.2. The van der Waals surface area contributed by atoms with Crippen LogP contribution in [-0.4, -0.2) is 43.8 Å². The van der Waals surface area contributed by atoms with Crippen molar-refractivity contribution in [1.29, 1.82) is 0 Å². The number of ether oxygens (including phenoxy) is 1. The smallest absolute Gasteiger partial charge is 0.319 e. The van der Waals surface area contributed by atoms with E-state index in [1.807, 2.05) is 32.3 Å². The highest BCUT2D eigenvalue weighted by atomic mass is 16.5. The van der Waals surface area contributed by atoms with Gasteiger partial charge in [0.2, 0.25) is 0 Å². The Labute approximate surface area is 126 Å². The number of amides is 2. The number of rotatable bonds is 4. The van der Waals surface area contributed by atoms with Crippen LogP contribution in [0, 0.1) is 0 Å². The summed E-state index contributed by atoms with van der Waals surface area (Å²) in [7, 11) is 4.05. The van der Waals surface area contributed by atoms with Crippen LogP contribution in [0.1, 0.15) is 25.3 Å². The summed E-state index contributed by atoms with van der Waals surface area (Å²) in [5.41, 5.74) is 1.82. The van der Waals surface area contributed by atoms with Gasteiger partial charge in [0.15, 0.2) is 0 Å². The molecule has 0 atom stereocenters. The Morgan fingerprint density at radius 1 is 1.33 bits per heavy atom. The number of carbonyl (C=O) groups is 1. The van der Waals surface area contributed by atoms with Crippen LogP contribution in [0.5, 0.6) is 0 Å². The van der Waals surface area contributed by atoms with Crippen LogP contribution in [0.25, 0.3) is 0 Å². The summed E-state index contributed by atoms with van der Waals surface area (Å²) in [5, 5.41) is 5.98. The summed E-state index contributed by atoms with van der Waals surface area (Å²) in [6.07, 6.45) is 1.70. The van der Waals surface area contributed by atoms with E-state index in [-0.39, 0.29) is 11.6 Å². The minimum Gasteiger partial charge on any atom is -0.381 e. The van der Waals surface area contributed by atoms with Crippen LogP contribution in [-0.2, 0) is 11.3 Å². The summed E-state index contributed by atoms with van der Waals surface area (Å²) in [6, 6.07) is 7.78. The minimum absolute atomic E-state index is 0.151. The predicted octanol–water partition coefficient (Wildman–Crippen LogP) is 2.44. The molecule has 1 heterocycles. The number of carbonyl (C=O) groups excluding carboxylic acids is 1. The molecule has 5 heteroatoms. The largest absolute Gasteiger partial charge is 0.381 e. The van der Waals surface area contributed by atoms with Crippen molar-refractivity contribution in [3.05, 3.63) is 29.8 Å². The fourth-order valence-electron chi connectivity index (χ4n) is 2.50. The molecule has 5 nitrogen and oxygen atoms in total. The van der Waals surface area contributed by atoms with Gasteiger partial charge >= 0.3 is 6.03 Å². The van der Waals surface area contributed by atoms with E-state index in [0.29, 0.717) is 13.2 Å². The first-order chi connectivity index (χ1) is 9.97. The second-order valence-electron chi connectivity index (χ2n) is 6.19. The highest BCUT2D eigenvalue weighted by Gasteiger charge is 2.28. The number of urea groups is 1. The molecule has 1 aliphatic rings. The van der Waals surface area contributed by atoms with Gasteiger partial charge in [0, 0.05) is 31.0 Å². The number of nitrogens with zero attached hydrogens (tertiary/aromatic N) is 1. The van der Waals surface area contributed by atoms with Crippen LogP contribution in [0.15, 0.2) is 24.3 Å². The van der Waals surface area contributed by atoms with E-state index in [9.17, 15) is 4.79 Å². The molecule has 0 saturated carbocycles. The van der Waals surface area contributed by atoms with E-state index >= 15 is 0 Å². The maximum absolute atomic E-state index is 12.1. The number of benzene rings is 1. The highest BCUT2D eigenvalue weighted by Crippen LogP contribution is 2.20. The molecule has 1 aromatic carbocycles. The number of nitrogens with one attached hydrogen (secondary N) is 2. The van der Waals surface area contributed by atoms with Crippen molar-refractivity contribution < 1.29 is 9.53 Å². The van der Waals surface area contributed by atoms with Gasteiger partial charge in [0.1, 0.15) is 0 Å². The maximum atomic E-state index is 12.1. The predicted molar refractivity (Wildman–Crippen MR) is 84.4 cm³/mol. The normalized spacial score (nSPS) is 17.5. The molecule has 1 aliphatic heterocycles. The van der Waals surface area contributed by atoms with Crippen LogP contribution in [0.3, 0.4) is 0 Å². The van der Waals surface area contributed by atoms with Gasteiger partial charge in [0.25, 0.3) is 0 Å². The van der Waals surface area contributed by atoms with Crippen LogP contribution < -0.4 is 10.6 Å². The molecule has 2 amide bonds. The third-order valence-corrected chi connectivity index (χ3v) is 3.70. The molecule has 0 bridgehead atoms. The first-order valence-electron chi connectivity index (χ1n) is 7.37. The lowest BCUT2D eigenvalue weighted by molar-refractivity contribution is 0.0500. The standard InChI is InChI=1S/C16H25N3O2/c1-16(7-9-21-10-8-16)18-15(20)17-14-6-4-5-13(11-14)12-19(2)3/h4-6,11H,7-10,12H2,1-3H3,(H2,17,18,20). The Bertz CT molecular complexity index is 482. The molecule has 116 valence electrons. The molecule has 1 saturated heterocycles. The van der Waals surface area contributed by atoms with Crippen molar-refractivity contribution in [3.8, 4) is 0 Å². The van der Waals surface area contributed by atoms with Gasteiger partial charge in [-0.1, -0.05) is 12.1 Å². The Kier molecular flexibility index (Phi) is 5.20. The molecule has 0 unspecified atom stereocenters. The SMILES string of the molecule is CN(C)Cc1cccc(NC(=O)NC2(C)CCOCC2)c1. The number of anilines is 1. The number of hydrogen-bond acceptors (Lipinski definition) is 3. The molecular weight excluding hydrogens is 266 g/mol. The van der Waals surface area contributed by atoms with Crippen molar-refractivity contribution in [1.82, 2.24) is 10.2 Å². The van der Waals surface area contributed by atoms with E-state index in [4.69, 9.17) is 4.74 Å². The summed E-state index contributed by atoms with van der Waals surface area (Å²) in [6.45, 7) is 4.33. The zero-order valence-electron chi connectivity index (χ0n) is 13.1. The lowest BCUT2D eigenvalue weighted by Gasteiger charge is -2.34. The Morgan fingerprint density at radius 2 is 2.05 bits per heavy atom. The average molecular weight is 291 g/mol.